The maximum atomic E-state index is 11.2. The second-order valence-electron chi connectivity index (χ2n) is 2.78. The number of fused-ring (bicyclic) bond motifs is 1. The van der Waals surface area contributed by atoms with Crippen LogP contribution in [0.5, 0.6) is 0 Å². The second-order valence-corrected chi connectivity index (χ2v) is 3.05. The number of ether oxygens (including phenoxy) is 1. The van der Waals surface area contributed by atoms with Gasteiger partial charge in [0, 0.05) is 12.3 Å². The van der Waals surface area contributed by atoms with E-state index in [2.05, 4.69) is 14.7 Å². The predicted octanol–water partition coefficient (Wildman–Crippen LogP) is 1.75. The van der Waals surface area contributed by atoms with E-state index in [0.717, 1.165) is 0 Å². The maximum absolute atomic E-state index is 11.2. The third-order valence-corrected chi connectivity index (χ3v) is 2.06. The summed E-state index contributed by atoms with van der Waals surface area (Å²) in [6.45, 7) is 0. The normalized spacial score (nSPS) is 10.5. The van der Waals surface area contributed by atoms with E-state index in [1.165, 1.54) is 19.4 Å². The Morgan fingerprint density at radius 1 is 1.67 bits per heavy atom. The summed E-state index contributed by atoms with van der Waals surface area (Å²) >= 11 is 5.55. The molecule has 0 saturated heterocycles. The SMILES string of the molecule is COC(=O)c1cnc2nc(CCl)oc2c1. The number of carbonyl (C=O) groups excluding carboxylic acids is 1. The summed E-state index contributed by atoms with van der Waals surface area (Å²) in [7, 11) is 1.30. The molecule has 0 saturated carbocycles. The van der Waals surface area contributed by atoms with Gasteiger partial charge in [-0.1, -0.05) is 0 Å². The lowest BCUT2D eigenvalue weighted by Gasteiger charge is -1.96. The first kappa shape index (κ1) is 9.92. The van der Waals surface area contributed by atoms with Crippen molar-refractivity contribution in [3.63, 3.8) is 0 Å². The molecule has 0 aliphatic rings. The lowest BCUT2D eigenvalue weighted by molar-refractivity contribution is 0.0600. The van der Waals surface area contributed by atoms with E-state index >= 15 is 0 Å². The van der Waals surface area contributed by atoms with E-state index in [-0.39, 0.29) is 5.88 Å². The van der Waals surface area contributed by atoms with Crippen molar-refractivity contribution in [1.29, 1.82) is 0 Å². The van der Waals surface area contributed by atoms with Gasteiger partial charge in [-0.25, -0.2) is 9.78 Å². The summed E-state index contributed by atoms with van der Waals surface area (Å²) in [5.41, 5.74) is 1.18. The summed E-state index contributed by atoms with van der Waals surface area (Å²) in [6.07, 6.45) is 1.38. The molecule has 0 aliphatic heterocycles. The van der Waals surface area contributed by atoms with E-state index in [9.17, 15) is 4.79 Å². The Bertz CT molecular complexity index is 509. The molecule has 5 nitrogen and oxygen atoms in total. The quantitative estimate of drug-likeness (QED) is 0.577. The molecular formula is C9H7ClN2O3. The summed E-state index contributed by atoms with van der Waals surface area (Å²) in [5.74, 6) is 0.0820. The van der Waals surface area contributed by atoms with Crippen LogP contribution in [-0.4, -0.2) is 23.0 Å². The maximum Gasteiger partial charge on any atom is 0.339 e. The first-order valence-corrected chi connectivity index (χ1v) is 4.68. The van der Waals surface area contributed by atoms with Gasteiger partial charge in [0.2, 0.25) is 5.89 Å². The Labute approximate surface area is 90.0 Å². The number of nitrogens with zero attached hydrogens (tertiary/aromatic N) is 2. The van der Waals surface area contributed by atoms with Crippen LogP contribution in [0, 0.1) is 0 Å². The smallest absolute Gasteiger partial charge is 0.339 e. The van der Waals surface area contributed by atoms with Crippen molar-refractivity contribution in [3.05, 3.63) is 23.7 Å². The minimum absolute atomic E-state index is 0.171. The summed E-state index contributed by atoms with van der Waals surface area (Å²) in [5, 5.41) is 0. The molecule has 0 unspecified atom stereocenters. The Kier molecular flexibility index (Phi) is 2.55. The number of pyridine rings is 1. The molecule has 0 spiro atoms. The molecule has 0 aliphatic carbocycles. The second kappa shape index (κ2) is 3.86. The van der Waals surface area contributed by atoms with E-state index in [1.54, 1.807) is 0 Å². The van der Waals surface area contributed by atoms with Crippen molar-refractivity contribution in [2.75, 3.05) is 7.11 Å². The molecule has 0 fully saturated rings. The molecule has 6 heteroatoms. The van der Waals surface area contributed by atoms with Crippen LogP contribution in [0.1, 0.15) is 16.2 Å². The third kappa shape index (κ3) is 1.78. The van der Waals surface area contributed by atoms with Crippen molar-refractivity contribution in [3.8, 4) is 0 Å². The van der Waals surface area contributed by atoms with Crippen LogP contribution in [0.25, 0.3) is 11.2 Å². The van der Waals surface area contributed by atoms with E-state index in [1.807, 2.05) is 0 Å². The number of methoxy groups -OCH3 is 1. The highest BCUT2D eigenvalue weighted by Gasteiger charge is 2.11. The molecule has 0 N–H and O–H groups in total. The molecule has 2 rings (SSSR count). The fourth-order valence-electron chi connectivity index (χ4n) is 1.15. The minimum atomic E-state index is -0.465. The predicted molar refractivity (Wildman–Crippen MR) is 52.7 cm³/mol. The molecule has 0 bridgehead atoms. The summed E-state index contributed by atoms with van der Waals surface area (Å²) in [4.78, 5) is 19.1. The number of rotatable bonds is 2. The van der Waals surface area contributed by atoms with Gasteiger partial charge < -0.3 is 9.15 Å². The molecule has 2 heterocycles. The highest BCUT2D eigenvalue weighted by atomic mass is 35.5. The van der Waals surface area contributed by atoms with Crippen LogP contribution in [-0.2, 0) is 10.6 Å². The molecule has 0 atom stereocenters. The Morgan fingerprint density at radius 3 is 3.13 bits per heavy atom. The summed E-state index contributed by atoms with van der Waals surface area (Å²) < 4.78 is 9.79. The van der Waals surface area contributed by atoms with Crippen molar-refractivity contribution >= 4 is 28.8 Å². The number of aromatic nitrogens is 2. The van der Waals surface area contributed by atoms with Crippen molar-refractivity contribution in [2.24, 2.45) is 0 Å². The van der Waals surface area contributed by atoms with Gasteiger partial charge in [-0.2, -0.15) is 4.98 Å². The number of alkyl halides is 1. The number of esters is 1. The topological polar surface area (TPSA) is 65.2 Å². The zero-order valence-corrected chi connectivity index (χ0v) is 8.61. The monoisotopic (exact) mass is 226 g/mol. The zero-order chi connectivity index (χ0) is 10.8. The number of hydrogen-bond acceptors (Lipinski definition) is 5. The molecule has 2 aromatic rings. The Balaban J connectivity index is 2.50. The van der Waals surface area contributed by atoms with E-state index in [4.69, 9.17) is 16.0 Å². The molecule has 0 radical (unpaired) electrons. The summed E-state index contributed by atoms with van der Waals surface area (Å²) in [6, 6.07) is 1.53. The first-order valence-electron chi connectivity index (χ1n) is 4.14. The zero-order valence-electron chi connectivity index (χ0n) is 7.86. The standard InChI is InChI=1S/C9H7ClN2O3/c1-14-9(13)5-2-6-8(11-4-5)12-7(3-10)15-6/h2,4H,3H2,1H3. The number of carbonyl (C=O) groups is 1. The van der Waals surface area contributed by atoms with Gasteiger partial charge in [-0.3, -0.25) is 0 Å². The van der Waals surface area contributed by atoms with Gasteiger partial charge in [-0.05, 0) is 0 Å². The lowest BCUT2D eigenvalue weighted by atomic mass is 10.3. The van der Waals surface area contributed by atoms with Gasteiger partial charge in [0.25, 0.3) is 0 Å². The van der Waals surface area contributed by atoms with Crippen LogP contribution < -0.4 is 0 Å². The molecule has 0 amide bonds. The van der Waals surface area contributed by atoms with Crippen molar-refractivity contribution in [2.45, 2.75) is 5.88 Å². The van der Waals surface area contributed by atoms with Crippen LogP contribution in [0.4, 0.5) is 0 Å². The fourth-order valence-corrected chi connectivity index (χ4v) is 1.27. The highest BCUT2D eigenvalue weighted by Crippen LogP contribution is 2.16. The fraction of sp³-hybridized carbons (Fsp3) is 0.222. The Hall–Kier alpha value is -1.62. The van der Waals surface area contributed by atoms with Crippen molar-refractivity contribution in [1.82, 2.24) is 9.97 Å². The van der Waals surface area contributed by atoms with Gasteiger partial charge in [0.1, 0.15) is 0 Å². The van der Waals surface area contributed by atoms with Crippen LogP contribution in [0.2, 0.25) is 0 Å². The third-order valence-electron chi connectivity index (χ3n) is 1.83. The molecular weight excluding hydrogens is 220 g/mol. The van der Waals surface area contributed by atoms with Gasteiger partial charge in [0.05, 0.1) is 18.6 Å². The molecule has 78 valence electrons. The van der Waals surface area contributed by atoms with Gasteiger partial charge in [-0.15, -0.1) is 11.6 Å². The van der Waals surface area contributed by atoms with Crippen LogP contribution in [0.3, 0.4) is 0 Å². The van der Waals surface area contributed by atoms with Crippen LogP contribution >= 0.6 is 11.6 Å². The van der Waals surface area contributed by atoms with E-state index in [0.29, 0.717) is 22.7 Å². The van der Waals surface area contributed by atoms with E-state index < -0.39 is 5.97 Å². The molecule has 15 heavy (non-hydrogen) atoms. The first-order chi connectivity index (χ1) is 7.24. The molecule has 2 aromatic heterocycles. The molecule has 0 aromatic carbocycles. The number of oxazole rings is 1. The van der Waals surface area contributed by atoms with Crippen LogP contribution in [0.15, 0.2) is 16.7 Å². The number of hydrogen-bond donors (Lipinski definition) is 0. The van der Waals surface area contributed by atoms with Gasteiger partial charge in [0.15, 0.2) is 11.2 Å². The van der Waals surface area contributed by atoms with Gasteiger partial charge >= 0.3 is 5.97 Å². The minimum Gasteiger partial charge on any atom is -0.465 e. The van der Waals surface area contributed by atoms with Crippen molar-refractivity contribution < 1.29 is 13.9 Å². The average molecular weight is 227 g/mol. The lowest BCUT2D eigenvalue weighted by Crippen LogP contribution is -2.01. The highest BCUT2D eigenvalue weighted by molar-refractivity contribution is 6.16. The number of halogens is 1. The average Bonchev–Trinajstić information content (AvgIpc) is 2.69. The Morgan fingerprint density at radius 2 is 2.47 bits per heavy atom. The largest absolute Gasteiger partial charge is 0.465 e.